The van der Waals surface area contributed by atoms with Gasteiger partial charge in [-0.25, -0.2) is 0 Å². The van der Waals surface area contributed by atoms with E-state index in [9.17, 15) is 0 Å². The molecule has 0 radical (unpaired) electrons. The summed E-state index contributed by atoms with van der Waals surface area (Å²) in [6, 6.07) is 84.4. The summed E-state index contributed by atoms with van der Waals surface area (Å²) in [5.41, 5.74) is 11.0. The van der Waals surface area contributed by atoms with Gasteiger partial charge in [0.25, 0.3) is 0 Å². The number of rotatable bonds is 9. The Kier molecular flexibility index (Phi) is 8.98. The van der Waals surface area contributed by atoms with Crippen LogP contribution in [0.3, 0.4) is 0 Å². The van der Waals surface area contributed by atoms with Gasteiger partial charge >= 0.3 is 0 Å². The van der Waals surface area contributed by atoms with Gasteiger partial charge in [0.05, 0.1) is 16.8 Å². The van der Waals surface area contributed by atoms with Crippen molar-refractivity contribution in [1.29, 1.82) is 0 Å². The van der Waals surface area contributed by atoms with Gasteiger partial charge in [-0.1, -0.05) is 121 Å². The lowest BCUT2D eigenvalue weighted by atomic mass is 10.0. The first kappa shape index (κ1) is 36.7. The largest absolute Gasteiger partial charge is 0.456 e. The second-order valence-electron chi connectivity index (χ2n) is 15.8. The molecular formula is C58H39N3OS. The number of hydrogen-bond donors (Lipinski definition) is 0. The molecule has 0 saturated heterocycles. The summed E-state index contributed by atoms with van der Waals surface area (Å²) in [6.45, 7) is 0. The molecule has 0 aliphatic heterocycles. The van der Waals surface area contributed by atoms with Crippen molar-refractivity contribution in [3.05, 3.63) is 237 Å². The molecule has 0 spiro atoms. The van der Waals surface area contributed by atoms with Crippen LogP contribution in [-0.4, -0.2) is 0 Å². The lowest BCUT2D eigenvalue weighted by Gasteiger charge is -2.30. The third-order valence-corrected chi connectivity index (χ3v) is 13.0. The van der Waals surface area contributed by atoms with E-state index >= 15 is 0 Å². The third-order valence-electron chi connectivity index (χ3n) is 11.9. The van der Waals surface area contributed by atoms with E-state index in [4.69, 9.17) is 4.42 Å². The van der Waals surface area contributed by atoms with E-state index in [-0.39, 0.29) is 0 Å². The van der Waals surface area contributed by atoms with Crippen LogP contribution in [0.1, 0.15) is 0 Å². The van der Waals surface area contributed by atoms with Gasteiger partial charge in [-0.15, -0.1) is 11.3 Å². The van der Waals surface area contributed by atoms with Gasteiger partial charge < -0.3 is 19.1 Å². The van der Waals surface area contributed by atoms with Gasteiger partial charge in [-0.05, 0) is 120 Å². The van der Waals surface area contributed by atoms with E-state index in [0.29, 0.717) is 0 Å². The average molecular weight is 826 g/mol. The fourth-order valence-corrected chi connectivity index (χ4v) is 10.3. The molecule has 5 heteroatoms. The van der Waals surface area contributed by atoms with Gasteiger partial charge in [-0.3, -0.25) is 0 Å². The van der Waals surface area contributed by atoms with Crippen LogP contribution < -0.4 is 14.7 Å². The molecule has 10 aromatic carbocycles. The van der Waals surface area contributed by atoms with Crippen molar-refractivity contribution in [2.24, 2.45) is 0 Å². The standard InChI is InChI=1S/C58H39N3OS/c1-6-20-42(21-7-1)59(43-22-8-2-9-23-43)47-31-33-54-52(36-47)58-53(61(45-26-12-4-13-27-45)46-28-14-5-15-29-46)37-49(38-55(58)62-54)60(44-24-10-3-11-25-44)48-30-32-50-51-34-40-18-16-17-19-41(40)35-56(51)63-57(50)39-48/h1-39H. The zero-order valence-electron chi connectivity index (χ0n) is 34.2. The van der Waals surface area contributed by atoms with Gasteiger partial charge in [0.2, 0.25) is 0 Å². The van der Waals surface area contributed by atoms with Crippen molar-refractivity contribution < 1.29 is 4.42 Å². The van der Waals surface area contributed by atoms with Crippen LogP contribution in [0.2, 0.25) is 0 Å². The molecule has 0 aliphatic rings. The summed E-state index contributed by atoms with van der Waals surface area (Å²) in [7, 11) is 0. The summed E-state index contributed by atoms with van der Waals surface area (Å²) >= 11 is 1.85. The molecule has 298 valence electrons. The van der Waals surface area contributed by atoms with Gasteiger partial charge in [0.1, 0.15) is 11.2 Å². The van der Waals surface area contributed by atoms with Crippen LogP contribution in [0, 0.1) is 0 Å². The highest BCUT2D eigenvalue weighted by atomic mass is 32.1. The molecule has 0 atom stereocenters. The Hall–Kier alpha value is -8.12. The number of para-hydroxylation sites is 5. The van der Waals surface area contributed by atoms with Crippen LogP contribution in [0.25, 0.3) is 52.9 Å². The zero-order chi connectivity index (χ0) is 41.7. The maximum Gasteiger partial charge on any atom is 0.139 e. The van der Waals surface area contributed by atoms with Crippen molar-refractivity contribution in [3.63, 3.8) is 0 Å². The van der Waals surface area contributed by atoms with Gasteiger partial charge in [0.15, 0.2) is 0 Å². The number of benzene rings is 10. The summed E-state index contributed by atoms with van der Waals surface area (Å²) in [5, 5.41) is 7.13. The minimum absolute atomic E-state index is 0.799. The first-order valence-electron chi connectivity index (χ1n) is 21.2. The molecule has 4 nitrogen and oxygen atoms in total. The number of anilines is 9. The summed E-state index contributed by atoms with van der Waals surface area (Å²) in [4.78, 5) is 7.04. The highest BCUT2D eigenvalue weighted by Gasteiger charge is 2.25. The Bertz CT molecular complexity index is 3490. The second kappa shape index (κ2) is 15.4. The van der Waals surface area contributed by atoms with Crippen molar-refractivity contribution in [2.45, 2.75) is 0 Å². The Morgan fingerprint density at radius 1 is 0.286 bits per heavy atom. The number of hydrogen-bond acceptors (Lipinski definition) is 5. The lowest BCUT2D eigenvalue weighted by Crippen LogP contribution is -2.13. The normalized spacial score (nSPS) is 11.5. The second-order valence-corrected chi connectivity index (χ2v) is 16.9. The first-order valence-corrected chi connectivity index (χ1v) is 22.1. The summed E-state index contributed by atoms with van der Waals surface area (Å²) < 4.78 is 9.53. The number of furan rings is 1. The van der Waals surface area contributed by atoms with Crippen LogP contribution in [0.5, 0.6) is 0 Å². The van der Waals surface area contributed by atoms with Gasteiger partial charge in [-0.2, -0.15) is 0 Å². The minimum atomic E-state index is 0.799. The first-order chi connectivity index (χ1) is 31.2. The van der Waals surface area contributed by atoms with E-state index in [2.05, 4.69) is 251 Å². The number of thiophene rings is 1. The molecule has 0 fully saturated rings. The quantitative estimate of drug-likeness (QED) is 0.145. The van der Waals surface area contributed by atoms with Crippen LogP contribution >= 0.6 is 11.3 Å². The molecule has 2 heterocycles. The number of fused-ring (bicyclic) bond motifs is 7. The highest BCUT2D eigenvalue weighted by molar-refractivity contribution is 7.26. The van der Waals surface area contributed by atoms with E-state index in [1.807, 2.05) is 11.3 Å². The summed E-state index contributed by atoms with van der Waals surface area (Å²) in [5.74, 6) is 0. The molecule has 2 aromatic heterocycles. The van der Waals surface area contributed by atoms with Crippen molar-refractivity contribution in [1.82, 2.24) is 0 Å². The van der Waals surface area contributed by atoms with Crippen molar-refractivity contribution in [2.75, 3.05) is 14.7 Å². The Morgan fingerprint density at radius 2 is 0.746 bits per heavy atom. The predicted octanol–water partition coefficient (Wildman–Crippen LogP) is 17.5. The molecule has 0 N–H and O–H groups in total. The van der Waals surface area contributed by atoms with Crippen molar-refractivity contribution >= 4 is 115 Å². The molecule has 12 aromatic rings. The summed E-state index contributed by atoms with van der Waals surface area (Å²) in [6.07, 6.45) is 0. The Labute approximate surface area is 369 Å². The van der Waals surface area contributed by atoms with Crippen LogP contribution in [-0.2, 0) is 0 Å². The maximum absolute atomic E-state index is 7.00. The molecule has 63 heavy (non-hydrogen) atoms. The Morgan fingerprint density at radius 3 is 1.32 bits per heavy atom. The maximum atomic E-state index is 7.00. The molecule has 0 amide bonds. The molecule has 0 unspecified atom stereocenters. The zero-order valence-corrected chi connectivity index (χ0v) is 35.0. The monoisotopic (exact) mass is 825 g/mol. The SMILES string of the molecule is c1ccc(N(c2cc(N(c3ccccc3)c3ccccc3)c3c(c2)oc2ccc(N(c4ccccc4)c4ccccc4)cc23)c2ccc3c(c2)sc2cc4ccccc4cc23)cc1. The van der Waals surface area contributed by atoms with Crippen molar-refractivity contribution in [3.8, 4) is 0 Å². The van der Waals surface area contributed by atoms with Crippen LogP contribution in [0.15, 0.2) is 241 Å². The average Bonchev–Trinajstić information content (AvgIpc) is 3.90. The van der Waals surface area contributed by atoms with Crippen LogP contribution in [0.4, 0.5) is 51.2 Å². The molecular weight excluding hydrogens is 787 g/mol. The number of nitrogens with zero attached hydrogens (tertiary/aromatic N) is 3. The smallest absolute Gasteiger partial charge is 0.139 e. The lowest BCUT2D eigenvalue weighted by molar-refractivity contribution is 0.669. The minimum Gasteiger partial charge on any atom is -0.456 e. The fourth-order valence-electron chi connectivity index (χ4n) is 9.10. The predicted molar refractivity (Wildman–Crippen MR) is 268 cm³/mol. The molecule has 0 aliphatic carbocycles. The van der Waals surface area contributed by atoms with E-state index in [0.717, 1.165) is 73.1 Å². The Balaban J connectivity index is 1.12. The molecule has 0 saturated carbocycles. The van der Waals surface area contributed by atoms with E-state index < -0.39 is 0 Å². The van der Waals surface area contributed by atoms with E-state index in [1.165, 1.54) is 30.9 Å². The topological polar surface area (TPSA) is 22.9 Å². The van der Waals surface area contributed by atoms with E-state index in [1.54, 1.807) is 0 Å². The van der Waals surface area contributed by atoms with Gasteiger partial charge in [0, 0.05) is 71.4 Å². The highest BCUT2D eigenvalue weighted by Crippen LogP contribution is 2.49. The molecule has 12 rings (SSSR count). The fraction of sp³-hybridized carbons (Fsp3) is 0. The molecule has 0 bridgehead atoms. The third kappa shape index (κ3) is 6.54.